The Morgan fingerprint density at radius 2 is 2.21 bits per heavy atom. The lowest BCUT2D eigenvalue weighted by molar-refractivity contribution is 0.458. The van der Waals surface area contributed by atoms with E-state index in [1.807, 2.05) is 36.6 Å². The van der Waals surface area contributed by atoms with Gasteiger partial charge in [0.05, 0.1) is 16.7 Å². The Balaban J connectivity index is 2.11. The van der Waals surface area contributed by atoms with Crippen LogP contribution in [0, 0.1) is 18.6 Å². The lowest BCUT2D eigenvalue weighted by Crippen LogP contribution is -2.00. The fourth-order valence-corrected chi connectivity index (χ4v) is 2.46. The van der Waals surface area contributed by atoms with Crippen molar-refractivity contribution in [3.63, 3.8) is 0 Å². The highest BCUT2D eigenvalue weighted by molar-refractivity contribution is 7.71. The highest BCUT2D eigenvalue weighted by atomic mass is 35.5. The first-order valence-corrected chi connectivity index (χ1v) is 6.64. The van der Waals surface area contributed by atoms with Crippen molar-refractivity contribution < 1.29 is 4.42 Å². The van der Waals surface area contributed by atoms with Crippen molar-refractivity contribution in [3.8, 4) is 0 Å². The van der Waals surface area contributed by atoms with Crippen molar-refractivity contribution in [2.75, 3.05) is 0 Å². The molecule has 0 spiro atoms. The number of nitrogens with one attached hydrogen (secondary N) is 1. The minimum absolute atomic E-state index is 0.494. The van der Waals surface area contributed by atoms with Crippen LogP contribution in [0.4, 0.5) is 0 Å². The van der Waals surface area contributed by atoms with E-state index in [4.69, 9.17) is 28.2 Å². The highest BCUT2D eigenvalue weighted by Gasteiger charge is 2.10. The molecule has 0 radical (unpaired) electrons. The predicted octanol–water partition coefficient (Wildman–Crippen LogP) is 4.01. The lowest BCUT2D eigenvalue weighted by atomic mass is 10.3. The molecule has 0 aliphatic carbocycles. The van der Waals surface area contributed by atoms with E-state index in [1.165, 1.54) is 0 Å². The number of hydrogen-bond donors (Lipinski definition) is 1. The molecule has 0 amide bonds. The van der Waals surface area contributed by atoms with Gasteiger partial charge in [0.2, 0.25) is 5.89 Å². The van der Waals surface area contributed by atoms with Gasteiger partial charge in [-0.15, -0.1) is 0 Å². The predicted molar refractivity (Wildman–Crippen MR) is 77.2 cm³/mol. The molecule has 3 aromatic rings. The van der Waals surface area contributed by atoms with Crippen LogP contribution in [0.1, 0.15) is 17.3 Å². The maximum absolute atomic E-state index is 6.03. The molecule has 2 aromatic heterocycles. The first-order valence-electron chi connectivity index (χ1n) is 5.85. The maximum Gasteiger partial charge on any atom is 0.214 e. The number of halogens is 1. The summed E-state index contributed by atoms with van der Waals surface area (Å²) < 4.78 is 8.16. The third-order valence-electron chi connectivity index (χ3n) is 3.10. The van der Waals surface area contributed by atoms with E-state index in [0.717, 1.165) is 22.5 Å². The average molecular weight is 294 g/mol. The number of aryl methyl sites for hydroxylation is 2. The lowest BCUT2D eigenvalue weighted by Gasteiger charge is -2.01. The minimum atomic E-state index is 0.494. The molecule has 1 N–H and O–H groups in total. The summed E-state index contributed by atoms with van der Waals surface area (Å²) >= 11 is 11.4. The minimum Gasteiger partial charge on any atom is -0.444 e. The van der Waals surface area contributed by atoms with Crippen LogP contribution in [0.3, 0.4) is 0 Å². The van der Waals surface area contributed by atoms with Crippen LogP contribution in [-0.4, -0.2) is 14.5 Å². The normalized spacial score (nSPS) is 11.3. The quantitative estimate of drug-likeness (QED) is 0.726. The molecular formula is C13H12ClN3OS. The Kier molecular flexibility index (Phi) is 2.95. The SMILES string of the molecule is Cc1nc(Cn2c(=S)[nH]c3ccc(Cl)cc32)oc1C. The van der Waals surface area contributed by atoms with Crippen LogP contribution in [0.5, 0.6) is 0 Å². The molecule has 98 valence electrons. The molecule has 0 aliphatic rings. The number of benzene rings is 1. The Morgan fingerprint density at radius 3 is 2.89 bits per heavy atom. The van der Waals surface area contributed by atoms with Crippen molar-refractivity contribution >= 4 is 34.9 Å². The largest absolute Gasteiger partial charge is 0.444 e. The summed E-state index contributed by atoms with van der Waals surface area (Å²) in [7, 11) is 0. The highest BCUT2D eigenvalue weighted by Crippen LogP contribution is 2.20. The molecular weight excluding hydrogens is 282 g/mol. The van der Waals surface area contributed by atoms with Crippen LogP contribution in [0.25, 0.3) is 11.0 Å². The molecule has 6 heteroatoms. The number of aromatic amines is 1. The number of imidazole rings is 1. The number of hydrogen-bond acceptors (Lipinski definition) is 3. The zero-order valence-corrected chi connectivity index (χ0v) is 12.1. The number of oxazole rings is 1. The van der Waals surface area contributed by atoms with E-state index in [0.29, 0.717) is 22.2 Å². The van der Waals surface area contributed by atoms with Gasteiger partial charge in [0.25, 0.3) is 0 Å². The van der Waals surface area contributed by atoms with Crippen molar-refractivity contribution in [2.24, 2.45) is 0 Å². The number of rotatable bonds is 2. The van der Waals surface area contributed by atoms with Gasteiger partial charge in [0, 0.05) is 5.02 Å². The summed E-state index contributed by atoms with van der Waals surface area (Å²) in [5, 5.41) is 0.676. The first-order chi connectivity index (χ1) is 9.04. The summed E-state index contributed by atoms with van der Waals surface area (Å²) in [5.41, 5.74) is 2.81. The average Bonchev–Trinajstić information content (AvgIpc) is 2.82. The Labute approximate surface area is 120 Å². The number of nitrogens with zero attached hydrogens (tertiary/aromatic N) is 2. The van der Waals surface area contributed by atoms with Crippen molar-refractivity contribution in [1.29, 1.82) is 0 Å². The van der Waals surface area contributed by atoms with E-state index in [1.54, 1.807) is 0 Å². The Morgan fingerprint density at radius 1 is 1.42 bits per heavy atom. The second-order valence-electron chi connectivity index (χ2n) is 4.43. The molecule has 0 fully saturated rings. The molecule has 1 aromatic carbocycles. The second kappa shape index (κ2) is 4.51. The Hall–Kier alpha value is -1.59. The first kappa shape index (κ1) is 12.4. The van der Waals surface area contributed by atoms with Crippen LogP contribution >= 0.6 is 23.8 Å². The molecule has 3 rings (SSSR count). The molecule has 4 nitrogen and oxygen atoms in total. The standard InChI is InChI=1S/C13H12ClN3OS/c1-7-8(2)18-12(15-7)6-17-11-5-9(14)3-4-10(11)16-13(17)19/h3-5H,6H2,1-2H3,(H,16,19). The van der Waals surface area contributed by atoms with Gasteiger partial charge in [-0.25, -0.2) is 4.98 Å². The van der Waals surface area contributed by atoms with Gasteiger partial charge in [-0.05, 0) is 44.3 Å². The van der Waals surface area contributed by atoms with Gasteiger partial charge >= 0.3 is 0 Å². The zero-order valence-electron chi connectivity index (χ0n) is 10.5. The van der Waals surface area contributed by atoms with Crippen LogP contribution in [-0.2, 0) is 6.54 Å². The van der Waals surface area contributed by atoms with E-state index in [9.17, 15) is 0 Å². The van der Waals surface area contributed by atoms with Crippen molar-refractivity contribution in [3.05, 3.63) is 45.3 Å². The van der Waals surface area contributed by atoms with E-state index in [-0.39, 0.29) is 0 Å². The van der Waals surface area contributed by atoms with Crippen molar-refractivity contribution in [2.45, 2.75) is 20.4 Å². The van der Waals surface area contributed by atoms with Crippen molar-refractivity contribution in [1.82, 2.24) is 14.5 Å². The van der Waals surface area contributed by atoms with Crippen LogP contribution < -0.4 is 0 Å². The van der Waals surface area contributed by atoms with Gasteiger partial charge < -0.3 is 14.0 Å². The summed E-state index contributed by atoms with van der Waals surface area (Å²) in [6, 6.07) is 5.63. The topological polar surface area (TPSA) is 46.8 Å². The summed E-state index contributed by atoms with van der Waals surface area (Å²) in [5.74, 6) is 1.48. The molecule has 0 aliphatic heterocycles. The number of aromatic nitrogens is 3. The van der Waals surface area contributed by atoms with Gasteiger partial charge in [-0.1, -0.05) is 11.6 Å². The maximum atomic E-state index is 6.03. The molecule has 0 saturated heterocycles. The van der Waals surface area contributed by atoms with Gasteiger partial charge in [0.15, 0.2) is 4.77 Å². The van der Waals surface area contributed by atoms with Crippen LogP contribution in [0.2, 0.25) is 5.02 Å². The van der Waals surface area contributed by atoms with Gasteiger partial charge in [-0.2, -0.15) is 0 Å². The zero-order chi connectivity index (χ0) is 13.6. The molecule has 0 bridgehead atoms. The van der Waals surface area contributed by atoms with E-state index in [2.05, 4.69) is 9.97 Å². The molecule has 0 saturated carbocycles. The number of fused-ring (bicyclic) bond motifs is 1. The monoisotopic (exact) mass is 293 g/mol. The number of H-pyrrole nitrogens is 1. The second-order valence-corrected chi connectivity index (χ2v) is 5.25. The molecule has 19 heavy (non-hydrogen) atoms. The van der Waals surface area contributed by atoms with E-state index < -0.39 is 0 Å². The molecule has 0 unspecified atom stereocenters. The molecule has 0 atom stereocenters. The molecule has 2 heterocycles. The fraction of sp³-hybridized carbons (Fsp3) is 0.231. The smallest absolute Gasteiger partial charge is 0.214 e. The Bertz CT molecular complexity index is 796. The third-order valence-corrected chi connectivity index (χ3v) is 3.66. The fourth-order valence-electron chi connectivity index (χ4n) is 2.02. The van der Waals surface area contributed by atoms with Gasteiger partial charge in [-0.3, -0.25) is 0 Å². The summed E-state index contributed by atoms with van der Waals surface area (Å²) in [4.78, 5) is 7.52. The third kappa shape index (κ3) is 2.19. The van der Waals surface area contributed by atoms with E-state index >= 15 is 0 Å². The summed E-state index contributed by atoms with van der Waals surface area (Å²) in [6.07, 6.45) is 0. The summed E-state index contributed by atoms with van der Waals surface area (Å²) in [6.45, 7) is 4.32. The van der Waals surface area contributed by atoms with Crippen LogP contribution in [0.15, 0.2) is 22.6 Å². The van der Waals surface area contributed by atoms with Gasteiger partial charge in [0.1, 0.15) is 12.3 Å².